The maximum absolute atomic E-state index is 13.2. The molecule has 250 valence electrons. The molecule has 6 heterocycles. The number of nitrogens with one attached hydrogen (secondary N) is 1. The van der Waals surface area contributed by atoms with Gasteiger partial charge in [0, 0.05) is 13.5 Å². The molecule has 2 aliphatic rings. The molecule has 0 radical (unpaired) electrons. The Labute approximate surface area is 256 Å². The summed E-state index contributed by atoms with van der Waals surface area (Å²) in [5.74, 6) is -0.164. The van der Waals surface area contributed by atoms with Gasteiger partial charge in [-0.1, -0.05) is 0 Å². The molecular weight excluding hydrogens is 662 g/mol. The number of phosphoric ester groups is 2. The van der Waals surface area contributed by atoms with Crippen LogP contribution in [0.2, 0.25) is 0 Å². The van der Waals surface area contributed by atoms with Crippen LogP contribution in [0.5, 0.6) is 0 Å². The van der Waals surface area contributed by atoms with Crippen molar-refractivity contribution in [3.8, 4) is 0 Å². The van der Waals surface area contributed by atoms with Gasteiger partial charge < -0.3 is 40.9 Å². The van der Waals surface area contributed by atoms with Crippen molar-refractivity contribution in [3.63, 3.8) is 0 Å². The van der Waals surface area contributed by atoms with Crippen LogP contribution < -0.4 is 17.0 Å². The summed E-state index contributed by atoms with van der Waals surface area (Å²) in [6, 6.07) is 0. The normalized spacial score (nSPS) is 29.4. The number of aliphatic hydroxyl groups excluding tert-OH is 2. The van der Waals surface area contributed by atoms with Crippen LogP contribution in [-0.2, 0) is 36.7 Å². The van der Waals surface area contributed by atoms with E-state index in [1.54, 1.807) is 0 Å². The first-order valence-corrected chi connectivity index (χ1v) is 16.3. The Hall–Kier alpha value is -3.44. The van der Waals surface area contributed by atoms with Crippen molar-refractivity contribution in [1.82, 2.24) is 39.0 Å². The maximum Gasteiger partial charge on any atom is 0.472 e. The van der Waals surface area contributed by atoms with E-state index in [0.29, 0.717) is 11.2 Å². The Bertz CT molecular complexity index is 1900. The van der Waals surface area contributed by atoms with Gasteiger partial charge in [-0.25, -0.2) is 29.1 Å². The second kappa shape index (κ2) is 12.3. The highest BCUT2D eigenvalue weighted by Crippen LogP contribution is 2.51. The molecule has 0 amide bonds. The van der Waals surface area contributed by atoms with E-state index < -0.39 is 77.4 Å². The fraction of sp³-hybridized carbons (Fsp3) is 0.524. The Morgan fingerprint density at radius 2 is 1.67 bits per heavy atom. The Balaban J connectivity index is 1.19. The average Bonchev–Trinajstić information content (AvgIpc) is 3.77. The van der Waals surface area contributed by atoms with Gasteiger partial charge in [-0.3, -0.25) is 37.0 Å². The second-order valence-corrected chi connectivity index (χ2v) is 13.1. The van der Waals surface area contributed by atoms with Crippen molar-refractivity contribution in [2.45, 2.75) is 49.4 Å². The average molecular weight is 690 g/mol. The van der Waals surface area contributed by atoms with Crippen LogP contribution in [0.15, 0.2) is 23.8 Å². The minimum absolute atomic E-state index is 0.0223. The SMILES string of the molecule is COP(=O)(O)OC[C@H]1O[C@@H](n2cnc3c(=O)[nH]c(N)nc32)[C@@H](OP(=O)(O)OC[C@@H]2C[C@H](O)[C@H](n3cnc4c(N)ncnc43)O2)C1O. The molecule has 25 heteroatoms. The number of rotatable bonds is 11. The number of aromatic amines is 1. The number of hydrogen-bond acceptors (Lipinski definition) is 18. The van der Waals surface area contributed by atoms with Crippen LogP contribution in [0.1, 0.15) is 18.9 Å². The van der Waals surface area contributed by atoms with Crippen LogP contribution in [0.25, 0.3) is 22.3 Å². The number of nitrogens with zero attached hydrogens (tertiary/aromatic N) is 7. The van der Waals surface area contributed by atoms with Crippen molar-refractivity contribution in [3.05, 3.63) is 29.3 Å². The predicted molar refractivity (Wildman–Crippen MR) is 150 cm³/mol. The number of nitrogen functional groups attached to an aromatic ring is 2. The molecule has 3 unspecified atom stereocenters. The van der Waals surface area contributed by atoms with Gasteiger partial charge in [0.1, 0.15) is 36.3 Å². The fourth-order valence-corrected chi connectivity index (χ4v) is 6.44. The third kappa shape index (κ3) is 6.28. The summed E-state index contributed by atoms with van der Waals surface area (Å²) in [6.45, 7) is -1.28. The van der Waals surface area contributed by atoms with E-state index in [4.69, 9.17) is 34.5 Å². The maximum atomic E-state index is 13.2. The highest BCUT2D eigenvalue weighted by molar-refractivity contribution is 7.47. The number of phosphoric acid groups is 2. The predicted octanol–water partition coefficient (Wildman–Crippen LogP) is -1.70. The largest absolute Gasteiger partial charge is 0.472 e. The molecule has 0 aliphatic carbocycles. The second-order valence-electron chi connectivity index (χ2n) is 10.1. The van der Waals surface area contributed by atoms with Gasteiger partial charge in [0.15, 0.2) is 35.1 Å². The summed E-state index contributed by atoms with van der Waals surface area (Å²) in [7, 11) is -8.65. The summed E-state index contributed by atoms with van der Waals surface area (Å²) in [5.41, 5.74) is 11.1. The minimum Gasteiger partial charge on any atom is -0.388 e. The molecule has 4 aromatic rings. The van der Waals surface area contributed by atoms with Crippen molar-refractivity contribution in [2.24, 2.45) is 0 Å². The molecule has 9 N–H and O–H groups in total. The van der Waals surface area contributed by atoms with E-state index in [2.05, 4.69) is 34.4 Å². The van der Waals surface area contributed by atoms with Crippen molar-refractivity contribution < 1.29 is 56.7 Å². The Kier molecular flexibility index (Phi) is 8.69. The summed E-state index contributed by atoms with van der Waals surface area (Å²) in [5, 5.41) is 21.7. The highest BCUT2D eigenvalue weighted by atomic mass is 31.2. The van der Waals surface area contributed by atoms with Gasteiger partial charge in [0.25, 0.3) is 5.56 Å². The standard InChI is InChI=1S/C21H28N10O13P2/c1-39-45(35,36)41-4-10-13(33)14(20(43-10)31-7-27-12-17(31)28-21(23)29-18(12)34)44-46(37,38)40-3-8-2-9(32)19(42-8)30-6-26-11-15(22)24-5-25-16(11)30/h5-10,13-14,19-20,32-33H,2-4H2,1H3,(H,35,36)(H,37,38)(H2,22,24,25)(H3,23,28,29,34)/t8-,9-,10+,13?,14-,19+,20+/m0/s1. The number of H-pyrrole nitrogens is 1. The molecule has 9 atom stereocenters. The van der Waals surface area contributed by atoms with Crippen molar-refractivity contribution >= 4 is 49.7 Å². The number of anilines is 2. The molecule has 0 spiro atoms. The monoisotopic (exact) mass is 690 g/mol. The third-order valence-electron chi connectivity index (χ3n) is 7.18. The Morgan fingerprint density at radius 3 is 2.41 bits per heavy atom. The molecule has 4 aromatic heterocycles. The van der Waals surface area contributed by atoms with Crippen molar-refractivity contribution in [1.29, 1.82) is 0 Å². The van der Waals surface area contributed by atoms with E-state index in [-0.39, 0.29) is 29.4 Å². The van der Waals surface area contributed by atoms with E-state index >= 15 is 0 Å². The van der Waals surface area contributed by atoms with E-state index in [1.807, 2.05) is 0 Å². The van der Waals surface area contributed by atoms with Gasteiger partial charge >= 0.3 is 15.6 Å². The fourth-order valence-electron chi connectivity index (χ4n) is 5.05. The number of nitrogens with two attached hydrogens (primary N) is 2. The van der Waals surface area contributed by atoms with Gasteiger partial charge in [-0.2, -0.15) is 4.98 Å². The van der Waals surface area contributed by atoms with Gasteiger partial charge in [0.2, 0.25) is 5.95 Å². The number of aromatic nitrogens is 8. The lowest BCUT2D eigenvalue weighted by atomic mass is 10.1. The first-order chi connectivity index (χ1) is 21.8. The number of hydrogen-bond donors (Lipinski definition) is 7. The summed E-state index contributed by atoms with van der Waals surface area (Å²) in [6.07, 6.45) is -5.80. The molecule has 0 aromatic carbocycles. The molecule has 6 rings (SSSR count). The minimum atomic E-state index is -5.05. The zero-order valence-corrected chi connectivity index (χ0v) is 25.3. The number of imidazole rings is 2. The lowest BCUT2D eigenvalue weighted by Gasteiger charge is -2.24. The molecule has 0 bridgehead atoms. The number of ether oxygens (including phenoxy) is 2. The number of fused-ring (bicyclic) bond motifs is 2. The molecule has 2 saturated heterocycles. The van der Waals surface area contributed by atoms with Gasteiger partial charge in [0.05, 0.1) is 32.0 Å². The van der Waals surface area contributed by atoms with Crippen LogP contribution in [0.3, 0.4) is 0 Å². The number of aliphatic hydroxyl groups is 2. The molecule has 2 aliphatic heterocycles. The smallest absolute Gasteiger partial charge is 0.388 e. The third-order valence-corrected chi connectivity index (χ3v) is 9.10. The zero-order valence-electron chi connectivity index (χ0n) is 23.5. The summed E-state index contributed by atoms with van der Waals surface area (Å²) in [4.78, 5) is 54.9. The molecule has 23 nitrogen and oxygen atoms in total. The summed E-state index contributed by atoms with van der Waals surface area (Å²) >= 11 is 0. The Morgan fingerprint density at radius 1 is 0.978 bits per heavy atom. The first kappa shape index (κ1) is 32.5. The van der Waals surface area contributed by atoms with E-state index in [1.165, 1.54) is 17.2 Å². The zero-order chi connectivity index (χ0) is 33.0. The highest BCUT2D eigenvalue weighted by Gasteiger charge is 2.50. The lowest BCUT2D eigenvalue weighted by Crippen LogP contribution is -2.35. The molecule has 2 fully saturated rings. The molecular formula is C21H28N10O13P2. The molecule has 46 heavy (non-hydrogen) atoms. The van der Waals surface area contributed by atoms with E-state index in [9.17, 15) is 33.9 Å². The van der Waals surface area contributed by atoms with E-state index in [0.717, 1.165) is 18.0 Å². The van der Waals surface area contributed by atoms with Gasteiger partial charge in [-0.05, 0) is 0 Å². The van der Waals surface area contributed by atoms with Crippen LogP contribution in [0.4, 0.5) is 11.8 Å². The lowest BCUT2D eigenvalue weighted by molar-refractivity contribution is -0.0588. The molecule has 0 saturated carbocycles. The topological polar surface area (TPSA) is 330 Å². The van der Waals surface area contributed by atoms with Crippen LogP contribution in [-0.4, -0.2) is 110 Å². The summed E-state index contributed by atoms with van der Waals surface area (Å²) < 4.78 is 58.8. The quantitative estimate of drug-likeness (QED) is 0.0862. The van der Waals surface area contributed by atoms with Gasteiger partial charge in [-0.15, -0.1) is 0 Å². The van der Waals surface area contributed by atoms with Crippen molar-refractivity contribution in [2.75, 3.05) is 31.8 Å². The first-order valence-electron chi connectivity index (χ1n) is 13.3. The van der Waals surface area contributed by atoms with Crippen LogP contribution in [0, 0.1) is 0 Å². The van der Waals surface area contributed by atoms with Crippen LogP contribution >= 0.6 is 15.6 Å².